The molecule has 0 unspecified atom stereocenters. The van der Waals surface area contributed by atoms with E-state index in [-0.39, 0.29) is 17.1 Å². The van der Waals surface area contributed by atoms with Gasteiger partial charge < -0.3 is 0 Å². The monoisotopic (exact) mass is 368 g/mol. The summed E-state index contributed by atoms with van der Waals surface area (Å²) in [6, 6.07) is 4.90. The van der Waals surface area contributed by atoms with Crippen molar-refractivity contribution >= 4 is 32.0 Å². The van der Waals surface area contributed by atoms with Crippen LogP contribution in [0.3, 0.4) is 0 Å². The van der Waals surface area contributed by atoms with Crippen molar-refractivity contribution in [3.63, 3.8) is 0 Å². The Hall–Kier alpha value is -2.44. The Kier molecular flexibility index (Phi) is 4.26. The van der Waals surface area contributed by atoms with Crippen LogP contribution in [0.1, 0.15) is 10.8 Å². The maximum Gasteiger partial charge on any atom is 0.270 e. The van der Waals surface area contributed by atoms with Crippen LogP contribution in [0.5, 0.6) is 0 Å². The zero-order valence-electron chi connectivity index (χ0n) is 12.4. The van der Waals surface area contributed by atoms with Crippen LogP contribution in [0.4, 0.5) is 5.69 Å². The molecule has 0 atom stereocenters. The lowest BCUT2D eigenvalue weighted by Crippen LogP contribution is -2.26. The number of nitro benzene ring substituents is 1. The number of nitro groups is 1. The largest absolute Gasteiger partial charge is 0.270 e. The molecular formula is C12H12N6O4S2. The minimum atomic E-state index is -3.82. The number of aromatic nitrogens is 4. The van der Waals surface area contributed by atoms with E-state index in [2.05, 4.69) is 20.0 Å². The van der Waals surface area contributed by atoms with Crippen LogP contribution in [0.15, 0.2) is 29.2 Å². The second-order valence-corrected chi connectivity index (χ2v) is 7.65. The zero-order valence-corrected chi connectivity index (χ0v) is 14.0. The number of hydrogen-bond acceptors (Lipinski definition) is 8. The van der Waals surface area contributed by atoms with Gasteiger partial charge in [-0.15, -0.1) is 10.2 Å². The summed E-state index contributed by atoms with van der Waals surface area (Å²) in [4.78, 5) is 10.6. The first kappa shape index (κ1) is 16.4. The van der Waals surface area contributed by atoms with Gasteiger partial charge in [0.25, 0.3) is 5.69 Å². The number of aryl methyl sites for hydroxylation is 1. The van der Waals surface area contributed by atoms with Crippen LogP contribution >= 0.6 is 11.3 Å². The minimum Gasteiger partial charge on any atom is -0.258 e. The third-order valence-corrected chi connectivity index (χ3v) is 5.58. The highest BCUT2D eigenvalue weighted by Crippen LogP contribution is 2.17. The minimum absolute atomic E-state index is 0.119. The predicted molar refractivity (Wildman–Crippen MR) is 85.4 cm³/mol. The molecule has 2 aromatic heterocycles. The summed E-state index contributed by atoms with van der Waals surface area (Å²) >= 11 is 1.32. The van der Waals surface area contributed by atoms with Gasteiger partial charge in [0.15, 0.2) is 5.82 Å². The smallest absolute Gasteiger partial charge is 0.258 e. The highest BCUT2D eigenvalue weighted by Gasteiger charge is 2.17. The van der Waals surface area contributed by atoms with Crippen molar-refractivity contribution in [3.05, 3.63) is 45.2 Å². The summed E-state index contributed by atoms with van der Waals surface area (Å²) < 4.78 is 28.4. The Labute approximate surface area is 140 Å². The van der Waals surface area contributed by atoms with Crippen molar-refractivity contribution in [3.8, 4) is 0 Å². The quantitative estimate of drug-likeness (QED) is 0.505. The number of rotatable bonds is 6. The van der Waals surface area contributed by atoms with E-state index < -0.39 is 14.9 Å². The van der Waals surface area contributed by atoms with Crippen LogP contribution < -0.4 is 4.72 Å². The van der Waals surface area contributed by atoms with E-state index in [4.69, 9.17) is 0 Å². The molecule has 2 heterocycles. The van der Waals surface area contributed by atoms with Gasteiger partial charge in [-0.05, 0) is 13.0 Å². The van der Waals surface area contributed by atoms with Gasteiger partial charge in [-0.1, -0.05) is 17.4 Å². The first-order valence-corrected chi connectivity index (χ1v) is 9.08. The molecule has 0 aliphatic rings. The Balaban J connectivity index is 1.68. The topological polar surface area (TPSA) is 132 Å². The molecule has 0 bridgehead atoms. The van der Waals surface area contributed by atoms with Gasteiger partial charge in [0.05, 0.1) is 9.82 Å². The van der Waals surface area contributed by atoms with Gasteiger partial charge in [-0.2, -0.15) is 9.61 Å². The molecule has 0 radical (unpaired) electrons. The molecule has 0 amide bonds. The van der Waals surface area contributed by atoms with Crippen LogP contribution in [-0.2, 0) is 16.4 Å². The number of nitrogens with zero attached hydrogens (tertiary/aromatic N) is 5. The second kappa shape index (κ2) is 6.22. The Morgan fingerprint density at radius 2 is 2.17 bits per heavy atom. The van der Waals surface area contributed by atoms with E-state index in [0.29, 0.717) is 22.2 Å². The normalized spacial score (nSPS) is 11.9. The van der Waals surface area contributed by atoms with Crippen molar-refractivity contribution < 1.29 is 13.3 Å². The SMILES string of the molecule is Cc1nnc2sc(CCNS(=O)(=O)c3cccc([N+](=O)[O-])c3)nn12. The van der Waals surface area contributed by atoms with Gasteiger partial charge in [0, 0.05) is 25.1 Å². The standard InChI is InChI=1S/C12H12N6O4S2/c1-8-14-15-12-17(8)16-11(23-12)5-6-13-24(21,22)10-4-2-3-9(7-10)18(19)20/h2-4,7,13H,5-6H2,1H3. The van der Waals surface area contributed by atoms with Gasteiger partial charge >= 0.3 is 0 Å². The van der Waals surface area contributed by atoms with Crippen molar-refractivity contribution in [1.29, 1.82) is 0 Å². The average molecular weight is 368 g/mol. The molecule has 0 aliphatic heterocycles. The summed E-state index contributed by atoms with van der Waals surface area (Å²) in [5.41, 5.74) is -0.276. The maximum absolute atomic E-state index is 12.2. The Morgan fingerprint density at radius 3 is 2.88 bits per heavy atom. The van der Waals surface area contributed by atoms with Gasteiger partial charge in [-0.3, -0.25) is 10.1 Å². The number of benzene rings is 1. The fourth-order valence-corrected chi connectivity index (χ4v) is 3.94. The Morgan fingerprint density at radius 1 is 1.38 bits per heavy atom. The van der Waals surface area contributed by atoms with Crippen molar-refractivity contribution in [2.45, 2.75) is 18.2 Å². The molecular weight excluding hydrogens is 356 g/mol. The lowest BCUT2D eigenvalue weighted by molar-refractivity contribution is -0.385. The summed E-state index contributed by atoms with van der Waals surface area (Å²) in [6.07, 6.45) is 0.377. The predicted octanol–water partition coefficient (Wildman–Crippen LogP) is 0.923. The fourth-order valence-electron chi connectivity index (χ4n) is 2.00. The highest BCUT2D eigenvalue weighted by atomic mass is 32.2. The van der Waals surface area contributed by atoms with E-state index in [1.54, 1.807) is 11.4 Å². The summed E-state index contributed by atoms with van der Waals surface area (Å²) in [7, 11) is -3.82. The molecule has 3 aromatic rings. The molecule has 0 saturated carbocycles. The van der Waals surface area contributed by atoms with Crippen molar-refractivity contribution in [1.82, 2.24) is 24.5 Å². The lowest BCUT2D eigenvalue weighted by atomic mass is 10.3. The summed E-state index contributed by atoms with van der Waals surface area (Å²) in [6.45, 7) is 1.89. The van der Waals surface area contributed by atoms with Crippen molar-refractivity contribution in [2.75, 3.05) is 6.54 Å². The maximum atomic E-state index is 12.2. The Bertz CT molecular complexity index is 1010. The third kappa shape index (κ3) is 3.25. The molecule has 0 aliphatic carbocycles. The third-order valence-electron chi connectivity index (χ3n) is 3.16. The zero-order chi connectivity index (χ0) is 17.3. The molecule has 0 spiro atoms. The molecule has 0 fully saturated rings. The number of nitrogens with one attached hydrogen (secondary N) is 1. The van der Waals surface area contributed by atoms with Crippen LogP contribution in [0.25, 0.3) is 4.96 Å². The molecule has 0 saturated heterocycles. The molecule has 24 heavy (non-hydrogen) atoms. The number of hydrogen-bond donors (Lipinski definition) is 1. The van der Waals surface area contributed by atoms with Crippen LogP contribution in [0.2, 0.25) is 0 Å². The van der Waals surface area contributed by atoms with E-state index >= 15 is 0 Å². The molecule has 12 heteroatoms. The molecule has 1 aromatic carbocycles. The van der Waals surface area contributed by atoms with Gasteiger partial charge in [0.1, 0.15) is 5.01 Å². The average Bonchev–Trinajstić information content (AvgIpc) is 3.09. The molecule has 1 N–H and O–H groups in total. The van der Waals surface area contributed by atoms with Crippen LogP contribution in [0, 0.1) is 17.0 Å². The molecule has 3 rings (SSSR count). The first-order chi connectivity index (χ1) is 11.4. The van der Waals surface area contributed by atoms with Crippen LogP contribution in [-0.4, -0.2) is 39.7 Å². The summed E-state index contributed by atoms with van der Waals surface area (Å²) in [5.74, 6) is 0.657. The number of sulfonamides is 1. The number of fused-ring (bicyclic) bond motifs is 1. The van der Waals surface area contributed by atoms with E-state index in [9.17, 15) is 18.5 Å². The van der Waals surface area contributed by atoms with E-state index in [0.717, 1.165) is 6.07 Å². The lowest BCUT2D eigenvalue weighted by Gasteiger charge is -2.05. The second-order valence-electron chi connectivity index (χ2n) is 4.84. The van der Waals surface area contributed by atoms with Gasteiger partial charge in [0.2, 0.25) is 15.0 Å². The fraction of sp³-hybridized carbons (Fsp3) is 0.250. The first-order valence-electron chi connectivity index (χ1n) is 6.79. The van der Waals surface area contributed by atoms with E-state index in [1.165, 1.54) is 29.5 Å². The van der Waals surface area contributed by atoms with Gasteiger partial charge in [-0.25, -0.2) is 13.1 Å². The highest BCUT2D eigenvalue weighted by molar-refractivity contribution is 7.89. The molecule has 126 valence electrons. The van der Waals surface area contributed by atoms with E-state index in [1.807, 2.05) is 0 Å². The molecule has 10 nitrogen and oxygen atoms in total. The number of non-ortho nitro benzene ring substituents is 1. The van der Waals surface area contributed by atoms with Crippen molar-refractivity contribution in [2.24, 2.45) is 0 Å². The summed E-state index contributed by atoms with van der Waals surface area (Å²) in [5, 5.41) is 23.5.